The van der Waals surface area contributed by atoms with Crippen LogP contribution >= 0.6 is 0 Å². The minimum atomic E-state index is -0.0903. The summed E-state index contributed by atoms with van der Waals surface area (Å²) in [5.74, 6) is 2.27. The Bertz CT molecular complexity index is 738. The van der Waals surface area contributed by atoms with Crippen molar-refractivity contribution in [3.63, 3.8) is 0 Å². The van der Waals surface area contributed by atoms with E-state index in [1.807, 2.05) is 11.0 Å². The molecule has 3 heterocycles. The van der Waals surface area contributed by atoms with Crippen LogP contribution in [-0.2, 0) is 4.79 Å². The van der Waals surface area contributed by atoms with Crippen molar-refractivity contribution in [2.75, 3.05) is 39.2 Å². The molecule has 4 rings (SSSR count). The fourth-order valence-electron chi connectivity index (χ4n) is 4.89. The number of likely N-dealkylation sites (tertiary alicyclic amines) is 1. The number of fused-ring (bicyclic) bond motifs is 4. The number of anilines is 1. The Morgan fingerprint density at radius 1 is 1.15 bits per heavy atom. The third-order valence-electron chi connectivity index (χ3n) is 6.10. The molecule has 7 nitrogen and oxygen atoms in total. The van der Waals surface area contributed by atoms with Crippen LogP contribution in [0.3, 0.4) is 0 Å². The lowest BCUT2D eigenvalue weighted by molar-refractivity contribution is -0.144. The number of piperidine rings is 3. The number of methoxy groups -OCH3 is 2. The van der Waals surface area contributed by atoms with Crippen molar-refractivity contribution in [2.24, 2.45) is 11.8 Å². The number of rotatable bonds is 3. The van der Waals surface area contributed by atoms with Crippen LogP contribution in [0.1, 0.15) is 25.7 Å². The molecule has 0 aromatic heterocycles. The number of carbonyl (C=O) groups is 2. The molecule has 0 aliphatic carbocycles. The summed E-state index contributed by atoms with van der Waals surface area (Å²) in [6.45, 7) is 2.20. The summed E-state index contributed by atoms with van der Waals surface area (Å²) in [6, 6.07) is 5.58. The van der Waals surface area contributed by atoms with Crippen molar-refractivity contribution >= 4 is 17.6 Å². The van der Waals surface area contributed by atoms with Gasteiger partial charge in [0.25, 0.3) is 0 Å². The number of hydrogen-bond acceptors (Lipinski definition) is 4. The molecule has 0 unspecified atom stereocenters. The molecular formula is C20H27N3O4. The molecule has 3 atom stereocenters. The predicted octanol–water partition coefficient (Wildman–Crippen LogP) is 2.57. The SMILES string of the molecule is COc1ccc(NC(=O)N2C[C@H]3C[C@H](C2)[C@H]2CCCC(=O)N2C3)cc1OC. The van der Waals surface area contributed by atoms with Gasteiger partial charge in [-0.05, 0) is 43.2 Å². The third-order valence-corrected chi connectivity index (χ3v) is 6.10. The van der Waals surface area contributed by atoms with Crippen molar-refractivity contribution in [3.05, 3.63) is 18.2 Å². The molecule has 1 aromatic rings. The maximum Gasteiger partial charge on any atom is 0.321 e. The quantitative estimate of drug-likeness (QED) is 0.884. The van der Waals surface area contributed by atoms with Gasteiger partial charge in [0.05, 0.1) is 14.2 Å². The lowest BCUT2D eigenvalue weighted by atomic mass is 9.76. The van der Waals surface area contributed by atoms with Gasteiger partial charge in [-0.1, -0.05) is 0 Å². The number of amides is 3. The summed E-state index contributed by atoms with van der Waals surface area (Å²) in [6.07, 6.45) is 3.83. The molecule has 0 saturated carbocycles. The second-order valence-electron chi connectivity index (χ2n) is 7.77. The molecule has 0 radical (unpaired) electrons. The molecule has 3 saturated heterocycles. The molecular weight excluding hydrogens is 346 g/mol. The van der Waals surface area contributed by atoms with E-state index in [1.54, 1.807) is 26.4 Å². The third kappa shape index (κ3) is 3.42. The Balaban J connectivity index is 1.44. The van der Waals surface area contributed by atoms with Gasteiger partial charge in [0, 0.05) is 43.9 Å². The zero-order valence-electron chi connectivity index (χ0n) is 15.9. The van der Waals surface area contributed by atoms with E-state index in [0.29, 0.717) is 60.5 Å². The predicted molar refractivity (Wildman–Crippen MR) is 101 cm³/mol. The molecule has 7 heteroatoms. The topological polar surface area (TPSA) is 71.1 Å². The molecule has 27 heavy (non-hydrogen) atoms. The summed E-state index contributed by atoms with van der Waals surface area (Å²) in [5.41, 5.74) is 0.683. The zero-order valence-corrected chi connectivity index (χ0v) is 15.9. The number of carbonyl (C=O) groups excluding carboxylic acids is 2. The molecule has 1 aromatic carbocycles. The molecule has 3 fully saturated rings. The van der Waals surface area contributed by atoms with E-state index in [0.717, 1.165) is 25.8 Å². The van der Waals surface area contributed by atoms with E-state index in [-0.39, 0.29) is 6.03 Å². The highest BCUT2D eigenvalue weighted by Gasteiger charge is 2.44. The van der Waals surface area contributed by atoms with Crippen molar-refractivity contribution in [1.82, 2.24) is 9.80 Å². The van der Waals surface area contributed by atoms with Gasteiger partial charge in [-0.15, -0.1) is 0 Å². The lowest BCUT2D eigenvalue weighted by Crippen LogP contribution is -2.61. The van der Waals surface area contributed by atoms with Crippen molar-refractivity contribution in [1.29, 1.82) is 0 Å². The van der Waals surface area contributed by atoms with Crippen molar-refractivity contribution in [2.45, 2.75) is 31.7 Å². The molecule has 2 bridgehead atoms. The average molecular weight is 373 g/mol. The van der Waals surface area contributed by atoms with Crippen LogP contribution in [0.15, 0.2) is 18.2 Å². The van der Waals surface area contributed by atoms with Gasteiger partial charge < -0.3 is 24.6 Å². The Morgan fingerprint density at radius 2 is 1.96 bits per heavy atom. The van der Waals surface area contributed by atoms with Crippen LogP contribution in [0.25, 0.3) is 0 Å². The maximum atomic E-state index is 12.8. The van der Waals surface area contributed by atoms with Crippen LogP contribution in [0.2, 0.25) is 0 Å². The van der Waals surface area contributed by atoms with E-state index >= 15 is 0 Å². The number of nitrogens with zero attached hydrogens (tertiary/aromatic N) is 2. The van der Waals surface area contributed by atoms with Gasteiger partial charge >= 0.3 is 6.03 Å². The maximum absolute atomic E-state index is 12.8. The number of hydrogen-bond donors (Lipinski definition) is 1. The van der Waals surface area contributed by atoms with E-state index in [4.69, 9.17) is 9.47 Å². The number of nitrogens with one attached hydrogen (secondary N) is 1. The monoisotopic (exact) mass is 373 g/mol. The van der Waals surface area contributed by atoms with E-state index in [2.05, 4.69) is 10.2 Å². The van der Waals surface area contributed by atoms with Crippen LogP contribution < -0.4 is 14.8 Å². The Hall–Kier alpha value is -2.44. The van der Waals surface area contributed by atoms with Crippen molar-refractivity contribution < 1.29 is 19.1 Å². The van der Waals surface area contributed by atoms with Crippen LogP contribution in [0.5, 0.6) is 11.5 Å². The first-order valence-electron chi connectivity index (χ1n) is 9.66. The second-order valence-corrected chi connectivity index (χ2v) is 7.77. The average Bonchev–Trinajstić information content (AvgIpc) is 2.68. The summed E-state index contributed by atoms with van der Waals surface area (Å²) in [5, 5.41) is 2.98. The van der Waals surface area contributed by atoms with E-state index in [9.17, 15) is 9.59 Å². The summed E-state index contributed by atoms with van der Waals surface area (Å²) < 4.78 is 10.5. The van der Waals surface area contributed by atoms with Crippen LogP contribution in [0.4, 0.5) is 10.5 Å². The summed E-state index contributed by atoms with van der Waals surface area (Å²) in [4.78, 5) is 29.1. The fraction of sp³-hybridized carbons (Fsp3) is 0.600. The first-order valence-corrected chi connectivity index (χ1v) is 9.66. The molecule has 3 aliphatic rings. The second kappa shape index (κ2) is 7.29. The van der Waals surface area contributed by atoms with E-state index < -0.39 is 0 Å². The Morgan fingerprint density at radius 3 is 2.74 bits per heavy atom. The standard InChI is InChI=1S/C20H27N3O4/c1-26-17-7-6-15(9-18(17)27-2)21-20(25)22-10-13-8-14(12-22)16-4-3-5-19(24)23(16)11-13/h6-7,9,13-14,16H,3-5,8,10-12H2,1-2H3,(H,21,25)/t13-,14-,16-/m1/s1. The molecule has 3 amide bonds. The molecule has 146 valence electrons. The number of ether oxygens (including phenoxy) is 2. The zero-order chi connectivity index (χ0) is 19.0. The number of urea groups is 1. The summed E-state index contributed by atoms with van der Waals surface area (Å²) >= 11 is 0. The highest BCUT2D eigenvalue weighted by molar-refractivity contribution is 5.90. The highest BCUT2D eigenvalue weighted by atomic mass is 16.5. The molecule has 0 spiro atoms. The van der Waals surface area contributed by atoms with Crippen LogP contribution in [-0.4, -0.2) is 61.6 Å². The van der Waals surface area contributed by atoms with Gasteiger partial charge in [-0.25, -0.2) is 4.79 Å². The fourth-order valence-corrected chi connectivity index (χ4v) is 4.89. The van der Waals surface area contributed by atoms with Gasteiger partial charge in [0.2, 0.25) is 5.91 Å². The summed E-state index contributed by atoms with van der Waals surface area (Å²) in [7, 11) is 3.16. The Kier molecular flexibility index (Phi) is 4.85. The Labute approximate surface area is 159 Å². The minimum Gasteiger partial charge on any atom is -0.493 e. The number of benzene rings is 1. The highest BCUT2D eigenvalue weighted by Crippen LogP contribution is 2.38. The smallest absolute Gasteiger partial charge is 0.321 e. The van der Waals surface area contributed by atoms with Crippen molar-refractivity contribution in [3.8, 4) is 11.5 Å². The van der Waals surface area contributed by atoms with Gasteiger partial charge in [-0.3, -0.25) is 4.79 Å². The van der Waals surface area contributed by atoms with Crippen LogP contribution in [0, 0.1) is 11.8 Å². The molecule has 3 aliphatic heterocycles. The first-order chi connectivity index (χ1) is 13.1. The lowest BCUT2D eigenvalue weighted by Gasteiger charge is -2.52. The molecule has 1 N–H and O–H groups in total. The minimum absolute atomic E-state index is 0.0903. The van der Waals surface area contributed by atoms with E-state index in [1.165, 1.54) is 0 Å². The first kappa shape index (κ1) is 17.9. The largest absolute Gasteiger partial charge is 0.493 e. The normalized spacial score (nSPS) is 27.0. The van der Waals surface area contributed by atoms with Gasteiger partial charge in [-0.2, -0.15) is 0 Å². The van der Waals surface area contributed by atoms with Gasteiger partial charge in [0.1, 0.15) is 0 Å². The van der Waals surface area contributed by atoms with Gasteiger partial charge in [0.15, 0.2) is 11.5 Å².